The van der Waals surface area contributed by atoms with Crippen molar-refractivity contribution in [1.82, 2.24) is 9.21 Å². The number of nitrogens with zero attached hydrogens (tertiary/aromatic N) is 2. The van der Waals surface area contributed by atoms with Crippen molar-refractivity contribution in [3.05, 3.63) is 24.3 Å². The molecule has 9 heteroatoms. The van der Waals surface area contributed by atoms with E-state index in [4.69, 9.17) is 5.73 Å². The maximum absolute atomic E-state index is 12.7. The van der Waals surface area contributed by atoms with E-state index in [1.165, 1.54) is 38.2 Å². The predicted octanol–water partition coefficient (Wildman–Crippen LogP) is 0.461. The van der Waals surface area contributed by atoms with Crippen molar-refractivity contribution in [2.24, 2.45) is 11.7 Å². The number of hydrogen-bond donors (Lipinski definition) is 2. The molecule has 0 saturated carbocycles. The van der Waals surface area contributed by atoms with Crippen molar-refractivity contribution in [2.75, 3.05) is 32.0 Å². The number of carbonyl (C=O) groups is 2. The van der Waals surface area contributed by atoms with Gasteiger partial charge in [0, 0.05) is 32.2 Å². The zero-order valence-corrected chi connectivity index (χ0v) is 16.1. The van der Waals surface area contributed by atoms with Gasteiger partial charge >= 0.3 is 0 Å². The highest BCUT2D eigenvalue weighted by Gasteiger charge is 2.33. The SMILES string of the molecule is CC(=O)Nc1ccc(S(=O)(=O)N(C)CC(=O)N2CC(CN)CC2C)cc1. The molecule has 0 bridgehead atoms. The highest BCUT2D eigenvalue weighted by molar-refractivity contribution is 7.89. The van der Waals surface area contributed by atoms with Crippen molar-refractivity contribution in [3.63, 3.8) is 0 Å². The Hall–Kier alpha value is -1.97. The summed E-state index contributed by atoms with van der Waals surface area (Å²) in [5.74, 6) is -0.203. The summed E-state index contributed by atoms with van der Waals surface area (Å²) in [5, 5.41) is 2.58. The second-order valence-corrected chi connectivity index (χ2v) is 8.74. The van der Waals surface area contributed by atoms with Crippen LogP contribution in [0.4, 0.5) is 5.69 Å². The van der Waals surface area contributed by atoms with Crippen LogP contribution in [-0.4, -0.2) is 62.2 Å². The van der Waals surface area contributed by atoms with Gasteiger partial charge in [0.2, 0.25) is 21.8 Å². The largest absolute Gasteiger partial charge is 0.339 e. The third-order valence-electron chi connectivity index (χ3n) is 4.56. The molecule has 1 aromatic rings. The van der Waals surface area contributed by atoms with E-state index >= 15 is 0 Å². The number of rotatable bonds is 6. The Morgan fingerprint density at radius 2 is 1.92 bits per heavy atom. The molecule has 3 N–H and O–H groups in total. The molecule has 1 saturated heterocycles. The van der Waals surface area contributed by atoms with Gasteiger partial charge in [-0.15, -0.1) is 0 Å². The molecule has 0 spiro atoms. The van der Waals surface area contributed by atoms with E-state index in [1.807, 2.05) is 6.92 Å². The minimum Gasteiger partial charge on any atom is -0.339 e. The fraction of sp³-hybridized carbons (Fsp3) is 0.529. The Morgan fingerprint density at radius 3 is 2.42 bits per heavy atom. The Bertz CT molecular complexity index is 763. The summed E-state index contributed by atoms with van der Waals surface area (Å²) in [6, 6.07) is 5.90. The number of hydrogen-bond acceptors (Lipinski definition) is 5. The minimum atomic E-state index is -3.80. The molecular weight excluding hydrogens is 356 g/mol. The maximum atomic E-state index is 12.7. The van der Waals surface area contributed by atoms with Crippen LogP contribution in [0, 0.1) is 5.92 Å². The number of amides is 2. The maximum Gasteiger partial charge on any atom is 0.243 e. The Labute approximate surface area is 154 Å². The highest BCUT2D eigenvalue weighted by atomic mass is 32.2. The minimum absolute atomic E-state index is 0.0593. The number of likely N-dealkylation sites (N-methyl/N-ethyl adjacent to an activating group) is 1. The molecule has 1 aromatic carbocycles. The van der Waals surface area contributed by atoms with Gasteiger partial charge < -0.3 is 16.0 Å². The van der Waals surface area contributed by atoms with Crippen LogP contribution in [0.25, 0.3) is 0 Å². The molecule has 1 fully saturated rings. The van der Waals surface area contributed by atoms with Crippen molar-refractivity contribution >= 4 is 27.5 Å². The van der Waals surface area contributed by atoms with Crippen LogP contribution in [0.2, 0.25) is 0 Å². The summed E-state index contributed by atoms with van der Waals surface area (Å²) in [4.78, 5) is 25.3. The molecule has 144 valence electrons. The predicted molar refractivity (Wildman–Crippen MR) is 98.9 cm³/mol. The Balaban J connectivity index is 2.06. The van der Waals surface area contributed by atoms with E-state index in [0.717, 1.165) is 10.7 Å². The number of carbonyl (C=O) groups excluding carboxylic acids is 2. The first-order valence-electron chi connectivity index (χ1n) is 8.48. The van der Waals surface area contributed by atoms with Gasteiger partial charge in [-0.05, 0) is 50.1 Å². The number of benzene rings is 1. The summed E-state index contributed by atoms with van der Waals surface area (Å²) in [6.07, 6.45) is 0.837. The van der Waals surface area contributed by atoms with Crippen molar-refractivity contribution in [3.8, 4) is 0 Å². The molecule has 8 nitrogen and oxygen atoms in total. The van der Waals surface area contributed by atoms with Crippen LogP contribution in [0.1, 0.15) is 20.3 Å². The van der Waals surface area contributed by atoms with E-state index in [-0.39, 0.29) is 35.2 Å². The first kappa shape index (κ1) is 20.3. The van der Waals surface area contributed by atoms with Gasteiger partial charge in [-0.2, -0.15) is 4.31 Å². The quantitative estimate of drug-likeness (QED) is 0.742. The summed E-state index contributed by atoms with van der Waals surface area (Å²) in [6.45, 7) is 4.18. The van der Waals surface area contributed by atoms with Gasteiger partial charge in [0.1, 0.15) is 0 Å². The molecule has 0 aliphatic carbocycles. The van der Waals surface area contributed by atoms with Crippen LogP contribution in [0.5, 0.6) is 0 Å². The molecule has 2 atom stereocenters. The molecule has 0 radical (unpaired) electrons. The number of sulfonamides is 1. The summed E-state index contributed by atoms with van der Waals surface area (Å²) in [5.41, 5.74) is 6.18. The fourth-order valence-corrected chi connectivity index (χ4v) is 4.24. The third-order valence-corrected chi connectivity index (χ3v) is 6.37. The van der Waals surface area contributed by atoms with Crippen LogP contribution in [-0.2, 0) is 19.6 Å². The van der Waals surface area contributed by atoms with Gasteiger partial charge in [-0.25, -0.2) is 8.42 Å². The molecule has 2 rings (SSSR count). The van der Waals surface area contributed by atoms with Gasteiger partial charge in [-0.3, -0.25) is 9.59 Å². The third kappa shape index (κ3) is 4.60. The summed E-state index contributed by atoms with van der Waals surface area (Å²) in [7, 11) is -2.41. The topological polar surface area (TPSA) is 113 Å². The molecule has 2 amide bonds. The zero-order chi connectivity index (χ0) is 19.5. The molecule has 1 heterocycles. The van der Waals surface area contributed by atoms with Crippen molar-refractivity contribution < 1.29 is 18.0 Å². The van der Waals surface area contributed by atoms with Gasteiger partial charge in [0.15, 0.2) is 0 Å². The van der Waals surface area contributed by atoms with Crippen molar-refractivity contribution in [2.45, 2.75) is 31.2 Å². The molecule has 2 unspecified atom stereocenters. The van der Waals surface area contributed by atoms with E-state index in [1.54, 1.807) is 4.90 Å². The lowest BCUT2D eigenvalue weighted by Crippen LogP contribution is -2.42. The molecular formula is C17H26N4O4S. The Morgan fingerprint density at radius 1 is 1.31 bits per heavy atom. The normalized spacial score (nSPS) is 20.4. The second kappa shape index (κ2) is 8.15. The Kier molecular flexibility index (Phi) is 6.38. The van der Waals surface area contributed by atoms with Crippen molar-refractivity contribution in [1.29, 1.82) is 0 Å². The number of nitrogens with one attached hydrogen (secondary N) is 1. The standard InChI is InChI=1S/C17H26N4O4S/c1-12-8-14(9-18)10-21(12)17(23)11-20(3)26(24,25)16-6-4-15(5-7-16)19-13(2)22/h4-7,12,14H,8-11,18H2,1-3H3,(H,19,22). The second-order valence-electron chi connectivity index (χ2n) is 6.70. The smallest absolute Gasteiger partial charge is 0.243 e. The molecule has 26 heavy (non-hydrogen) atoms. The van der Waals surface area contributed by atoms with E-state index in [2.05, 4.69) is 5.32 Å². The van der Waals surface area contributed by atoms with E-state index in [9.17, 15) is 18.0 Å². The average molecular weight is 382 g/mol. The number of nitrogens with two attached hydrogens (primary N) is 1. The van der Waals surface area contributed by atoms with Gasteiger partial charge in [-0.1, -0.05) is 0 Å². The van der Waals surface area contributed by atoms with Crippen LogP contribution >= 0.6 is 0 Å². The lowest BCUT2D eigenvalue weighted by atomic mass is 10.1. The van der Waals surface area contributed by atoms with Gasteiger partial charge in [0.25, 0.3) is 0 Å². The fourth-order valence-electron chi connectivity index (χ4n) is 3.12. The summed E-state index contributed by atoms with van der Waals surface area (Å²) < 4.78 is 26.4. The lowest BCUT2D eigenvalue weighted by molar-refractivity contribution is -0.131. The lowest BCUT2D eigenvalue weighted by Gasteiger charge is -2.25. The van der Waals surface area contributed by atoms with E-state index in [0.29, 0.717) is 18.8 Å². The zero-order valence-electron chi connectivity index (χ0n) is 15.3. The van der Waals surface area contributed by atoms with Crippen LogP contribution in [0.3, 0.4) is 0 Å². The average Bonchev–Trinajstić information content (AvgIpc) is 2.95. The first-order chi connectivity index (χ1) is 12.1. The molecule has 0 aromatic heterocycles. The molecule has 1 aliphatic rings. The monoisotopic (exact) mass is 382 g/mol. The highest BCUT2D eigenvalue weighted by Crippen LogP contribution is 2.23. The number of likely N-dealkylation sites (tertiary alicyclic amines) is 1. The summed E-state index contributed by atoms with van der Waals surface area (Å²) >= 11 is 0. The van der Waals surface area contributed by atoms with Crippen LogP contribution in [0.15, 0.2) is 29.2 Å². The van der Waals surface area contributed by atoms with E-state index < -0.39 is 10.0 Å². The first-order valence-corrected chi connectivity index (χ1v) is 9.92. The van der Waals surface area contributed by atoms with Crippen LogP contribution < -0.4 is 11.1 Å². The van der Waals surface area contributed by atoms with Gasteiger partial charge in [0.05, 0.1) is 11.4 Å². The number of anilines is 1. The molecule has 1 aliphatic heterocycles.